The molecule has 98 valence electrons. The fourth-order valence-electron chi connectivity index (χ4n) is 1.24. The molecule has 0 saturated carbocycles. The smallest absolute Gasteiger partial charge is 0.315 e. The van der Waals surface area contributed by atoms with Crippen molar-refractivity contribution in [1.82, 2.24) is 0 Å². The van der Waals surface area contributed by atoms with Crippen molar-refractivity contribution < 1.29 is 14.3 Å². The molecule has 0 aliphatic rings. The number of halogens is 1. The molecule has 0 aliphatic heterocycles. The number of carbonyl (C=O) groups is 2. The third-order valence-electron chi connectivity index (χ3n) is 2.14. The molecule has 0 radical (unpaired) electrons. The van der Waals surface area contributed by atoms with E-state index in [9.17, 15) is 9.59 Å². The molecule has 0 unspecified atom stereocenters. The summed E-state index contributed by atoms with van der Waals surface area (Å²) in [7, 11) is 1.32. The van der Waals surface area contributed by atoms with Crippen molar-refractivity contribution in [1.29, 1.82) is 0 Å². The number of ether oxygens (including phenoxy) is 1. The molecule has 6 heteroatoms. The van der Waals surface area contributed by atoms with Gasteiger partial charge in [-0.1, -0.05) is 11.6 Å². The Morgan fingerprint density at radius 1 is 1.39 bits per heavy atom. The Hall–Kier alpha value is -1.20. The lowest BCUT2D eigenvalue weighted by Gasteiger charge is -2.08. The average Bonchev–Trinajstić information content (AvgIpc) is 2.32. The molecule has 0 fully saturated rings. The first-order valence-corrected chi connectivity index (χ1v) is 6.76. The van der Waals surface area contributed by atoms with Gasteiger partial charge in [-0.05, 0) is 30.7 Å². The van der Waals surface area contributed by atoms with Gasteiger partial charge in [-0.2, -0.15) is 0 Å². The van der Waals surface area contributed by atoms with Crippen molar-refractivity contribution >= 4 is 40.9 Å². The van der Waals surface area contributed by atoms with E-state index in [-0.39, 0.29) is 23.4 Å². The molecule has 0 saturated heterocycles. The number of nitrogens with one attached hydrogen (secondary N) is 1. The zero-order chi connectivity index (χ0) is 13.5. The molecule has 4 nitrogen and oxygen atoms in total. The molecule has 1 aromatic rings. The third-order valence-corrected chi connectivity index (χ3v) is 3.28. The molecule has 0 atom stereocenters. The highest BCUT2D eigenvalue weighted by molar-refractivity contribution is 8.00. The van der Waals surface area contributed by atoms with Crippen LogP contribution in [-0.4, -0.2) is 30.5 Å². The Bertz CT molecular complexity index is 451. The van der Waals surface area contributed by atoms with Crippen molar-refractivity contribution in [3.63, 3.8) is 0 Å². The van der Waals surface area contributed by atoms with Gasteiger partial charge in [0, 0.05) is 10.7 Å². The highest BCUT2D eigenvalue weighted by atomic mass is 35.5. The fourth-order valence-corrected chi connectivity index (χ4v) is 2.11. The number of carbonyl (C=O) groups excluding carboxylic acids is 2. The maximum Gasteiger partial charge on any atom is 0.315 e. The van der Waals surface area contributed by atoms with E-state index in [0.717, 1.165) is 11.3 Å². The van der Waals surface area contributed by atoms with E-state index in [4.69, 9.17) is 11.6 Å². The minimum Gasteiger partial charge on any atom is -0.468 e. The maximum atomic E-state index is 11.6. The van der Waals surface area contributed by atoms with Crippen molar-refractivity contribution in [3.8, 4) is 0 Å². The van der Waals surface area contributed by atoms with Gasteiger partial charge in [-0.25, -0.2) is 0 Å². The lowest BCUT2D eigenvalue weighted by molar-refractivity contribution is -0.137. The van der Waals surface area contributed by atoms with Crippen LogP contribution in [0.5, 0.6) is 0 Å². The second-order valence-electron chi connectivity index (χ2n) is 3.58. The predicted molar refractivity (Wildman–Crippen MR) is 74.2 cm³/mol. The van der Waals surface area contributed by atoms with E-state index in [1.54, 1.807) is 18.2 Å². The normalized spacial score (nSPS) is 9.94. The third kappa shape index (κ3) is 4.98. The molecule has 1 aromatic carbocycles. The monoisotopic (exact) mass is 287 g/mol. The number of aryl methyl sites for hydroxylation is 1. The Balaban J connectivity index is 2.42. The van der Waals surface area contributed by atoms with E-state index in [2.05, 4.69) is 10.1 Å². The zero-order valence-corrected chi connectivity index (χ0v) is 11.7. The molecule has 0 heterocycles. The summed E-state index contributed by atoms with van der Waals surface area (Å²) in [5.74, 6) is -0.120. The van der Waals surface area contributed by atoms with Gasteiger partial charge in [-0.15, -0.1) is 11.8 Å². The molecule has 1 rings (SSSR count). The molecular formula is C12H14ClNO3S. The van der Waals surface area contributed by atoms with E-state index in [1.165, 1.54) is 18.9 Å². The summed E-state index contributed by atoms with van der Waals surface area (Å²) < 4.78 is 4.48. The van der Waals surface area contributed by atoms with E-state index >= 15 is 0 Å². The molecule has 0 aromatic heterocycles. The summed E-state index contributed by atoms with van der Waals surface area (Å²) in [4.78, 5) is 22.5. The average molecular weight is 288 g/mol. The van der Waals surface area contributed by atoms with Crippen LogP contribution in [0.15, 0.2) is 18.2 Å². The number of esters is 1. The van der Waals surface area contributed by atoms with E-state index in [0.29, 0.717) is 5.02 Å². The minimum atomic E-state index is -0.338. The standard InChI is InChI=1S/C12H14ClNO3S/c1-8-5-9(13)3-4-10(8)14-11(15)6-18-7-12(16)17-2/h3-5H,6-7H2,1-2H3,(H,14,15). The Morgan fingerprint density at radius 2 is 2.11 bits per heavy atom. The molecule has 1 N–H and O–H groups in total. The largest absolute Gasteiger partial charge is 0.468 e. The van der Waals surface area contributed by atoms with Crippen LogP contribution in [0, 0.1) is 6.92 Å². The summed E-state index contributed by atoms with van der Waals surface area (Å²) in [6.45, 7) is 1.86. The summed E-state index contributed by atoms with van der Waals surface area (Å²) in [6.07, 6.45) is 0. The predicted octanol–water partition coefficient (Wildman–Crippen LogP) is 2.49. The molecule has 0 bridgehead atoms. The lowest BCUT2D eigenvalue weighted by Crippen LogP contribution is -2.16. The van der Waals surface area contributed by atoms with Crippen molar-refractivity contribution in [2.24, 2.45) is 0 Å². The Labute approximate surface area is 115 Å². The van der Waals surface area contributed by atoms with Crippen LogP contribution in [-0.2, 0) is 14.3 Å². The van der Waals surface area contributed by atoms with Gasteiger partial charge >= 0.3 is 5.97 Å². The number of methoxy groups -OCH3 is 1. The molecular weight excluding hydrogens is 274 g/mol. The van der Waals surface area contributed by atoms with Gasteiger partial charge in [0.25, 0.3) is 0 Å². The van der Waals surface area contributed by atoms with Crippen molar-refractivity contribution in [3.05, 3.63) is 28.8 Å². The Kier molecular flexibility index (Phi) is 6.01. The number of hydrogen-bond acceptors (Lipinski definition) is 4. The van der Waals surface area contributed by atoms with Crippen LogP contribution in [0.3, 0.4) is 0 Å². The number of rotatable bonds is 5. The number of thioether (sulfide) groups is 1. The quantitative estimate of drug-likeness (QED) is 0.846. The second kappa shape index (κ2) is 7.28. The van der Waals surface area contributed by atoms with Crippen LogP contribution in [0.25, 0.3) is 0 Å². The number of benzene rings is 1. The SMILES string of the molecule is COC(=O)CSCC(=O)Nc1ccc(Cl)cc1C. The van der Waals surface area contributed by atoms with Crippen molar-refractivity contribution in [2.45, 2.75) is 6.92 Å². The summed E-state index contributed by atoms with van der Waals surface area (Å²) >= 11 is 7.03. The number of anilines is 1. The number of amides is 1. The van der Waals surface area contributed by atoms with E-state index < -0.39 is 0 Å². The lowest BCUT2D eigenvalue weighted by atomic mass is 10.2. The topological polar surface area (TPSA) is 55.4 Å². The first kappa shape index (κ1) is 14.9. The first-order chi connectivity index (χ1) is 8.52. The summed E-state index contributed by atoms with van der Waals surface area (Å²) in [5.41, 5.74) is 1.62. The van der Waals surface area contributed by atoms with Crippen LogP contribution in [0.4, 0.5) is 5.69 Å². The first-order valence-electron chi connectivity index (χ1n) is 5.23. The van der Waals surface area contributed by atoms with E-state index in [1.807, 2.05) is 6.92 Å². The van der Waals surface area contributed by atoms with Gasteiger partial charge in [0.2, 0.25) is 5.91 Å². The highest BCUT2D eigenvalue weighted by Crippen LogP contribution is 2.19. The van der Waals surface area contributed by atoms with Gasteiger partial charge in [0.05, 0.1) is 18.6 Å². The van der Waals surface area contributed by atoms with Gasteiger partial charge in [-0.3, -0.25) is 9.59 Å². The molecule has 1 amide bonds. The zero-order valence-electron chi connectivity index (χ0n) is 10.2. The molecule has 0 spiro atoms. The molecule has 0 aliphatic carbocycles. The second-order valence-corrected chi connectivity index (χ2v) is 5.00. The maximum absolute atomic E-state index is 11.6. The van der Waals surface area contributed by atoms with Crippen molar-refractivity contribution in [2.75, 3.05) is 23.9 Å². The van der Waals surface area contributed by atoms with Gasteiger partial charge < -0.3 is 10.1 Å². The van der Waals surface area contributed by atoms with Gasteiger partial charge in [0.15, 0.2) is 0 Å². The van der Waals surface area contributed by atoms with Crippen LogP contribution in [0.2, 0.25) is 5.02 Å². The highest BCUT2D eigenvalue weighted by Gasteiger charge is 2.07. The summed E-state index contributed by atoms with van der Waals surface area (Å²) in [6, 6.07) is 5.24. The van der Waals surface area contributed by atoms with Crippen LogP contribution in [0.1, 0.15) is 5.56 Å². The number of hydrogen-bond donors (Lipinski definition) is 1. The molecule has 18 heavy (non-hydrogen) atoms. The fraction of sp³-hybridized carbons (Fsp3) is 0.333. The minimum absolute atomic E-state index is 0.158. The Morgan fingerprint density at radius 3 is 2.72 bits per heavy atom. The van der Waals surface area contributed by atoms with Crippen LogP contribution < -0.4 is 5.32 Å². The van der Waals surface area contributed by atoms with Crippen LogP contribution >= 0.6 is 23.4 Å². The summed E-state index contributed by atoms with van der Waals surface area (Å²) in [5, 5.41) is 3.39. The van der Waals surface area contributed by atoms with Gasteiger partial charge in [0.1, 0.15) is 0 Å².